The molecule has 0 bridgehead atoms. The Labute approximate surface area is 111 Å². The van der Waals surface area contributed by atoms with Crippen LogP contribution in [0.4, 0.5) is 0 Å². The smallest absolute Gasteiger partial charge is 0.303 e. The molecule has 4 heteroatoms. The molecule has 0 atom stereocenters. The third-order valence-electron chi connectivity index (χ3n) is 3.22. The van der Waals surface area contributed by atoms with Crippen molar-refractivity contribution in [1.82, 2.24) is 4.57 Å². The molecule has 0 unspecified atom stereocenters. The number of aromatic nitrogens is 1. The zero-order chi connectivity index (χ0) is 13.7. The first kappa shape index (κ1) is 13.2. The average molecular weight is 256 g/mol. The Kier molecular flexibility index (Phi) is 4.19. The van der Waals surface area contributed by atoms with Gasteiger partial charge < -0.3 is 9.67 Å². The maximum absolute atomic E-state index is 10.4. The van der Waals surface area contributed by atoms with Gasteiger partial charge in [-0.15, -0.1) is 0 Å². The quantitative estimate of drug-likeness (QED) is 0.807. The number of hydrogen-bond donors (Lipinski definition) is 1. The summed E-state index contributed by atoms with van der Waals surface area (Å²) in [5.74, 6) is -0.731. The highest BCUT2D eigenvalue weighted by atomic mass is 16.4. The van der Waals surface area contributed by atoms with E-state index >= 15 is 0 Å². The molecule has 0 aliphatic heterocycles. The number of carboxylic acid groups (broad SMARTS) is 1. The number of rotatable bonds is 6. The molecule has 19 heavy (non-hydrogen) atoms. The zero-order valence-electron chi connectivity index (χ0n) is 10.7. The summed E-state index contributed by atoms with van der Waals surface area (Å²) in [6.07, 6.45) is 4.81. The average Bonchev–Trinajstić information content (AvgIpc) is 2.81. The first-order chi connectivity index (χ1) is 9.22. The lowest BCUT2D eigenvalue weighted by Crippen LogP contribution is -1.98. The topological polar surface area (TPSA) is 66.0 Å². The van der Waals surface area contributed by atoms with Crippen molar-refractivity contribution in [2.45, 2.75) is 32.2 Å². The van der Waals surface area contributed by atoms with Crippen LogP contribution in [0.3, 0.4) is 0 Å². The highest BCUT2D eigenvalue weighted by Gasteiger charge is 2.04. The van der Waals surface area contributed by atoms with Gasteiger partial charge in [-0.2, -0.15) is 5.26 Å². The van der Waals surface area contributed by atoms with E-state index in [-0.39, 0.29) is 6.42 Å². The number of unbranched alkanes of at least 4 members (excludes halogenated alkanes) is 2. The molecule has 2 rings (SSSR count). The van der Waals surface area contributed by atoms with Crippen LogP contribution in [-0.4, -0.2) is 15.6 Å². The second-order valence-corrected chi connectivity index (χ2v) is 4.56. The minimum Gasteiger partial charge on any atom is -0.481 e. The predicted octanol–water partition coefficient (Wildman–Crippen LogP) is 3.16. The van der Waals surface area contributed by atoms with E-state index in [1.54, 1.807) is 0 Å². The molecular formula is C15H16N2O2. The third-order valence-corrected chi connectivity index (χ3v) is 3.22. The van der Waals surface area contributed by atoms with Gasteiger partial charge in [0, 0.05) is 30.1 Å². The van der Waals surface area contributed by atoms with Gasteiger partial charge in [0.25, 0.3) is 0 Å². The van der Waals surface area contributed by atoms with E-state index in [0.29, 0.717) is 5.56 Å². The molecule has 98 valence electrons. The van der Waals surface area contributed by atoms with Crippen molar-refractivity contribution in [3.8, 4) is 6.07 Å². The van der Waals surface area contributed by atoms with Crippen LogP contribution in [0.25, 0.3) is 10.9 Å². The van der Waals surface area contributed by atoms with Crippen molar-refractivity contribution in [3.05, 3.63) is 36.0 Å². The second-order valence-electron chi connectivity index (χ2n) is 4.56. The first-order valence-electron chi connectivity index (χ1n) is 6.42. The van der Waals surface area contributed by atoms with Crippen molar-refractivity contribution in [1.29, 1.82) is 5.26 Å². The molecule has 1 N–H and O–H groups in total. The van der Waals surface area contributed by atoms with E-state index in [2.05, 4.69) is 10.6 Å². The molecule has 2 aromatic rings. The van der Waals surface area contributed by atoms with Crippen LogP contribution in [0.15, 0.2) is 30.5 Å². The molecule has 0 radical (unpaired) electrons. The number of nitrogens with zero attached hydrogens (tertiary/aromatic N) is 2. The highest BCUT2D eigenvalue weighted by Crippen LogP contribution is 2.20. The lowest BCUT2D eigenvalue weighted by atomic mass is 10.1. The summed E-state index contributed by atoms with van der Waals surface area (Å²) in [7, 11) is 0. The van der Waals surface area contributed by atoms with Gasteiger partial charge in [0.05, 0.1) is 11.6 Å². The lowest BCUT2D eigenvalue weighted by molar-refractivity contribution is -0.137. The fourth-order valence-electron chi connectivity index (χ4n) is 2.25. The number of carboxylic acids is 1. The maximum atomic E-state index is 10.4. The van der Waals surface area contributed by atoms with E-state index in [1.165, 1.54) is 0 Å². The van der Waals surface area contributed by atoms with E-state index in [0.717, 1.165) is 36.7 Å². The predicted molar refractivity (Wildman–Crippen MR) is 72.8 cm³/mol. The monoisotopic (exact) mass is 256 g/mol. The molecule has 0 aliphatic carbocycles. The third kappa shape index (κ3) is 3.14. The van der Waals surface area contributed by atoms with Crippen LogP contribution in [-0.2, 0) is 11.3 Å². The molecule has 0 saturated heterocycles. The Morgan fingerprint density at radius 1 is 1.26 bits per heavy atom. The molecule has 1 aromatic carbocycles. The number of aliphatic carboxylic acids is 1. The Morgan fingerprint density at radius 2 is 2.11 bits per heavy atom. The van der Waals surface area contributed by atoms with Gasteiger partial charge in [-0.3, -0.25) is 4.79 Å². The molecule has 0 saturated carbocycles. The van der Waals surface area contributed by atoms with Gasteiger partial charge in [-0.05, 0) is 31.0 Å². The number of carbonyl (C=O) groups is 1. The standard InChI is InChI=1S/C15H16N2O2/c16-11-12-5-4-6-14-13(12)8-10-17(14)9-3-1-2-7-15(18)19/h4-6,8,10H,1-3,7,9H2,(H,18,19). The van der Waals surface area contributed by atoms with Crippen LogP contribution in [0.1, 0.15) is 31.2 Å². The van der Waals surface area contributed by atoms with E-state index < -0.39 is 5.97 Å². The van der Waals surface area contributed by atoms with Crippen molar-refractivity contribution in [3.63, 3.8) is 0 Å². The van der Waals surface area contributed by atoms with Gasteiger partial charge in [0.15, 0.2) is 0 Å². The largest absolute Gasteiger partial charge is 0.481 e. The van der Waals surface area contributed by atoms with Crippen molar-refractivity contribution < 1.29 is 9.90 Å². The molecular weight excluding hydrogens is 240 g/mol. The van der Waals surface area contributed by atoms with Gasteiger partial charge >= 0.3 is 5.97 Å². The molecule has 0 amide bonds. The van der Waals surface area contributed by atoms with Crippen LogP contribution in [0.5, 0.6) is 0 Å². The fraction of sp³-hybridized carbons (Fsp3) is 0.333. The molecule has 4 nitrogen and oxygen atoms in total. The van der Waals surface area contributed by atoms with Crippen LogP contribution in [0, 0.1) is 11.3 Å². The first-order valence-corrected chi connectivity index (χ1v) is 6.42. The molecule has 1 heterocycles. The number of nitriles is 1. The fourth-order valence-corrected chi connectivity index (χ4v) is 2.25. The van der Waals surface area contributed by atoms with Crippen molar-refractivity contribution in [2.24, 2.45) is 0 Å². The summed E-state index contributed by atoms with van der Waals surface area (Å²) >= 11 is 0. The molecule has 0 fully saturated rings. The van der Waals surface area contributed by atoms with E-state index in [9.17, 15) is 4.79 Å². The minimum atomic E-state index is -0.731. The summed E-state index contributed by atoms with van der Waals surface area (Å²) < 4.78 is 2.12. The van der Waals surface area contributed by atoms with Crippen molar-refractivity contribution >= 4 is 16.9 Å². The van der Waals surface area contributed by atoms with Gasteiger partial charge in [-0.1, -0.05) is 12.5 Å². The summed E-state index contributed by atoms with van der Waals surface area (Å²) in [6, 6.07) is 9.87. The summed E-state index contributed by atoms with van der Waals surface area (Å²) in [5.41, 5.74) is 1.76. The molecule has 0 aliphatic rings. The van der Waals surface area contributed by atoms with E-state index in [1.807, 2.05) is 30.5 Å². The van der Waals surface area contributed by atoms with Crippen LogP contribution >= 0.6 is 0 Å². The van der Waals surface area contributed by atoms with E-state index in [4.69, 9.17) is 10.4 Å². The Hall–Kier alpha value is -2.28. The maximum Gasteiger partial charge on any atom is 0.303 e. The Bertz CT molecular complexity index is 623. The number of aryl methyl sites for hydroxylation is 1. The van der Waals surface area contributed by atoms with Gasteiger partial charge in [0.2, 0.25) is 0 Å². The lowest BCUT2D eigenvalue weighted by Gasteiger charge is -2.05. The number of hydrogen-bond acceptors (Lipinski definition) is 2. The summed E-state index contributed by atoms with van der Waals surface area (Å²) in [4.78, 5) is 10.4. The zero-order valence-corrected chi connectivity index (χ0v) is 10.7. The number of benzene rings is 1. The molecule has 0 spiro atoms. The second kappa shape index (κ2) is 6.05. The normalized spacial score (nSPS) is 10.5. The highest BCUT2D eigenvalue weighted by molar-refractivity contribution is 5.85. The SMILES string of the molecule is N#Cc1cccc2c1ccn2CCCCCC(=O)O. The number of fused-ring (bicyclic) bond motifs is 1. The van der Waals surface area contributed by atoms with Gasteiger partial charge in [-0.25, -0.2) is 0 Å². The summed E-state index contributed by atoms with van der Waals surface area (Å²) in [5, 5.41) is 18.6. The minimum absolute atomic E-state index is 0.241. The Morgan fingerprint density at radius 3 is 2.84 bits per heavy atom. The molecule has 1 aromatic heterocycles. The summed E-state index contributed by atoms with van der Waals surface area (Å²) in [6.45, 7) is 0.859. The van der Waals surface area contributed by atoms with Gasteiger partial charge in [0.1, 0.15) is 0 Å². The Balaban J connectivity index is 1.98. The van der Waals surface area contributed by atoms with Crippen LogP contribution in [0.2, 0.25) is 0 Å². The van der Waals surface area contributed by atoms with Crippen LogP contribution < -0.4 is 0 Å². The van der Waals surface area contributed by atoms with Crippen molar-refractivity contribution in [2.75, 3.05) is 0 Å².